The number of aromatic nitrogens is 3. The molecule has 11 aromatic rings. The van der Waals surface area contributed by atoms with Crippen LogP contribution in [0.2, 0.25) is 0 Å². The highest BCUT2D eigenvalue weighted by Gasteiger charge is 2.19. The molecule has 0 spiro atoms. The first-order chi connectivity index (χ1) is 25.7. The highest BCUT2D eigenvalue weighted by Crippen LogP contribution is 2.43. The average Bonchev–Trinajstić information content (AvgIpc) is 3.78. The maximum Gasteiger partial charge on any atom is 0.164 e. The van der Waals surface area contributed by atoms with Crippen LogP contribution >= 0.6 is 11.3 Å². The van der Waals surface area contributed by atoms with Gasteiger partial charge >= 0.3 is 0 Å². The molecule has 0 aliphatic rings. The second-order valence-corrected chi connectivity index (χ2v) is 14.2. The van der Waals surface area contributed by atoms with Crippen molar-refractivity contribution in [2.24, 2.45) is 0 Å². The Morgan fingerprint density at radius 1 is 0.365 bits per heavy atom. The maximum atomic E-state index is 6.63. The van der Waals surface area contributed by atoms with Crippen LogP contribution < -0.4 is 0 Å². The van der Waals surface area contributed by atoms with Crippen LogP contribution in [0.4, 0.5) is 0 Å². The number of hydrogen-bond donors (Lipinski definition) is 0. The van der Waals surface area contributed by atoms with E-state index in [9.17, 15) is 0 Å². The summed E-state index contributed by atoms with van der Waals surface area (Å²) in [5.41, 5.74) is 6.83. The van der Waals surface area contributed by atoms with Crippen molar-refractivity contribution in [2.75, 3.05) is 0 Å². The van der Waals surface area contributed by atoms with Crippen molar-refractivity contribution in [3.8, 4) is 45.3 Å². The number of thiophene rings is 1. The molecule has 3 aromatic heterocycles. The zero-order chi connectivity index (χ0) is 34.2. The number of hydrogen-bond acceptors (Lipinski definition) is 5. The highest BCUT2D eigenvalue weighted by atomic mass is 32.1. The number of furan rings is 1. The fourth-order valence-corrected chi connectivity index (χ4v) is 8.77. The molecule has 0 saturated heterocycles. The third kappa shape index (κ3) is 4.57. The van der Waals surface area contributed by atoms with Gasteiger partial charge in [0.1, 0.15) is 11.2 Å². The number of fused-ring (bicyclic) bond motifs is 9. The quantitative estimate of drug-likeness (QED) is 0.185. The van der Waals surface area contributed by atoms with E-state index >= 15 is 0 Å². The molecule has 0 amide bonds. The Kier molecular flexibility index (Phi) is 6.39. The predicted octanol–water partition coefficient (Wildman–Crippen LogP) is 13.1. The molecule has 52 heavy (non-hydrogen) atoms. The summed E-state index contributed by atoms with van der Waals surface area (Å²) in [5, 5.41) is 9.34. The van der Waals surface area contributed by atoms with Gasteiger partial charge in [-0.05, 0) is 81.2 Å². The molecule has 5 heteroatoms. The van der Waals surface area contributed by atoms with Gasteiger partial charge in [0.25, 0.3) is 0 Å². The van der Waals surface area contributed by atoms with Crippen molar-refractivity contribution in [3.05, 3.63) is 164 Å². The Bertz CT molecular complexity index is 3190. The van der Waals surface area contributed by atoms with E-state index in [4.69, 9.17) is 19.4 Å². The van der Waals surface area contributed by atoms with Crippen LogP contribution in [-0.4, -0.2) is 15.0 Å². The second kappa shape index (κ2) is 11.4. The van der Waals surface area contributed by atoms with Crippen molar-refractivity contribution in [1.29, 1.82) is 0 Å². The molecule has 0 unspecified atom stereocenters. The Morgan fingerprint density at radius 2 is 0.981 bits per heavy atom. The van der Waals surface area contributed by atoms with E-state index in [1.807, 2.05) is 36.4 Å². The van der Waals surface area contributed by atoms with Crippen LogP contribution in [-0.2, 0) is 0 Å². The van der Waals surface area contributed by atoms with Gasteiger partial charge in [0.05, 0.1) is 0 Å². The van der Waals surface area contributed by atoms with E-state index in [2.05, 4.69) is 127 Å². The van der Waals surface area contributed by atoms with Gasteiger partial charge in [0, 0.05) is 47.6 Å². The first-order valence-corrected chi connectivity index (χ1v) is 18.2. The highest BCUT2D eigenvalue weighted by molar-refractivity contribution is 7.25. The predicted molar refractivity (Wildman–Crippen MR) is 217 cm³/mol. The Morgan fingerprint density at radius 3 is 1.81 bits per heavy atom. The molecule has 0 bridgehead atoms. The van der Waals surface area contributed by atoms with Crippen molar-refractivity contribution in [1.82, 2.24) is 15.0 Å². The summed E-state index contributed by atoms with van der Waals surface area (Å²) < 4.78 is 9.15. The molecular formula is C47H27N3OS. The number of rotatable bonds is 4. The third-order valence-corrected chi connectivity index (χ3v) is 11.3. The van der Waals surface area contributed by atoms with Gasteiger partial charge in [-0.15, -0.1) is 11.3 Å². The molecular weight excluding hydrogens is 655 g/mol. The lowest BCUT2D eigenvalue weighted by Crippen LogP contribution is -2.00. The summed E-state index contributed by atoms with van der Waals surface area (Å²) in [6.45, 7) is 0. The van der Waals surface area contributed by atoms with Crippen LogP contribution in [0.5, 0.6) is 0 Å². The zero-order valence-corrected chi connectivity index (χ0v) is 28.6. The summed E-state index contributed by atoms with van der Waals surface area (Å²) in [4.78, 5) is 15.2. The Hall–Kier alpha value is -6.69. The first-order valence-electron chi connectivity index (χ1n) is 17.3. The molecule has 11 rings (SSSR count). The molecule has 8 aromatic carbocycles. The fraction of sp³-hybridized carbons (Fsp3) is 0. The lowest BCUT2D eigenvalue weighted by molar-refractivity contribution is 0.669. The van der Waals surface area contributed by atoms with Gasteiger partial charge in [0.2, 0.25) is 0 Å². The van der Waals surface area contributed by atoms with Crippen molar-refractivity contribution >= 4 is 75.0 Å². The largest absolute Gasteiger partial charge is 0.456 e. The average molecular weight is 682 g/mol. The smallest absolute Gasteiger partial charge is 0.164 e. The van der Waals surface area contributed by atoms with Crippen molar-refractivity contribution < 1.29 is 4.42 Å². The van der Waals surface area contributed by atoms with E-state index in [1.54, 1.807) is 11.3 Å². The third-order valence-electron chi connectivity index (χ3n) is 10.1. The lowest BCUT2D eigenvalue weighted by atomic mass is 9.92. The summed E-state index contributed by atoms with van der Waals surface area (Å²) in [5.74, 6) is 1.90. The van der Waals surface area contributed by atoms with Crippen LogP contribution in [0.3, 0.4) is 0 Å². The minimum atomic E-state index is 0.618. The molecule has 0 saturated carbocycles. The van der Waals surface area contributed by atoms with E-state index in [-0.39, 0.29) is 0 Å². The molecule has 0 N–H and O–H groups in total. The van der Waals surface area contributed by atoms with Crippen molar-refractivity contribution in [3.63, 3.8) is 0 Å². The van der Waals surface area contributed by atoms with Gasteiger partial charge in [-0.2, -0.15) is 0 Å². The maximum absolute atomic E-state index is 6.63. The van der Waals surface area contributed by atoms with Crippen LogP contribution in [0.1, 0.15) is 0 Å². The lowest BCUT2D eigenvalue weighted by Gasteiger charge is -2.11. The minimum absolute atomic E-state index is 0.618. The summed E-state index contributed by atoms with van der Waals surface area (Å²) in [7, 11) is 0. The number of nitrogens with zero attached hydrogens (tertiary/aromatic N) is 3. The topological polar surface area (TPSA) is 51.8 Å². The minimum Gasteiger partial charge on any atom is -0.456 e. The Labute approximate surface area is 302 Å². The molecule has 0 aliphatic carbocycles. The van der Waals surface area contributed by atoms with E-state index < -0.39 is 0 Å². The Balaban J connectivity index is 1.12. The summed E-state index contributed by atoms with van der Waals surface area (Å²) in [6.07, 6.45) is 0. The molecule has 0 radical (unpaired) electrons. The molecule has 3 heterocycles. The standard InChI is InChI=1S/C47H27N3OS/c1-2-12-29(13-3-1)45-48-46(50-47(49-45)31-22-24-43-38(25-31)35-17-8-9-20-42(35)52-43)30-21-23-40-39(26-30)44-36-18-7-6-16-34(36)37(27-41(44)51-40)33-19-10-14-28-11-4-5-15-32(28)33/h1-27H. The molecule has 0 aliphatic heterocycles. The van der Waals surface area contributed by atoms with E-state index in [0.717, 1.165) is 49.6 Å². The SMILES string of the molecule is c1ccc(-c2nc(-c3ccc4sc5ccccc5c4c3)nc(-c3ccc4oc5cc(-c6cccc7ccccc67)c6ccccc6c5c4c3)n2)cc1. The van der Waals surface area contributed by atoms with Gasteiger partial charge in [-0.3, -0.25) is 0 Å². The van der Waals surface area contributed by atoms with E-state index in [1.165, 1.54) is 41.9 Å². The van der Waals surface area contributed by atoms with Crippen LogP contribution in [0, 0.1) is 0 Å². The monoisotopic (exact) mass is 681 g/mol. The normalized spacial score (nSPS) is 11.8. The molecule has 242 valence electrons. The molecule has 0 fully saturated rings. The van der Waals surface area contributed by atoms with Gasteiger partial charge in [-0.1, -0.05) is 115 Å². The second-order valence-electron chi connectivity index (χ2n) is 13.2. The molecule has 0 atom stereocenters. The molecule has 4 nitrogen and oxygen atoms in total. The van der Waals surface area contributed by atoms with E-state index in [0.29, 0.717) is 17.5 Å². The zero-order valence-electron chi connectivity index (χ0n) is 27.7. The van der Waals surface area contributed by atoms with Crippen LogP contribution in [0.15, 0.2) is 168 Å². The summed E-state index contributed by atoms with van der Waals surface area (Å²) >= 11 is 1.81. The van der Waals surface area contributed by atoms with Crippen LogP contribution in [0.25, 0.3) is 109 Å². The summed E-state index contributed by atoms with van der Waals surface area (Å²) in [6, 6.07) is 57.4. The van der Waals surface area contributed by atoms with Gasteiger partial charge in [-0.25, -0.2) is 15.0 Å². The number of benzene rings is 8. The van der Waals surface area contributed by atoms with Gasteiger partial charge in [0.15, 0.2) is 17.5 Å². The van der Waals surface area contributed by atoms with Gasteiger partial charge < -0.3 is 4.42 Å². The first kappa shape index (κ1) is 29.1. The fourth-order valence-electron chi connectivity index (χ4n) is 7.68. The van der Waals surface area contributed by atoms with Crippen molar-refractivity contribution in [2.45, 2.75) is 0 Å².